The first-order valence-corrected chi connectivity index (χ1v) is 16.1. The van der Waals surface area contributed by atoms with Crippen molar-refractivity contribution >= 4 is 31.9 Å². The summed E-state index contributed by atoms with van der Waals surface area (Å²) in [6.45, 7) is 18.1. The van der Waals surface area contributed by atoms with E-state index in [4.69, 9.17) is 21.0 Å². The molecule has 0 bridgehead atoms. The van der Waals surface area contributed by atoms with E-state index in [2.05, 4.69) is 50.2 Å². The molecule has 0 saturated carbocycles. The van der Waals surface area contributed by atoms with Crippen LogP contribution in [0.1, 0.15) is 57.5 Å². The van der Waals surface area contributed by atoms with Crippen molar-refractivity contribution < 1.29 is 9.22 Å². The van der Waals surface area contributed by atoms with Crippen LogP contribution in [0.2, 0.25) is 23.2 Å². The Bertz CT molecular complexity index is 1300. The van der Waals surface area contributed by atoms with Crippen molar-refractivity contribution in [2.45, 2.75) is 78.3 Å². The van der Waals surface area contributed by atoms with Gasteiger partial charge in [0.15, 0.2) is 8.32 Å². The van der Waals surface area contributed by atoms with Gasteiger partial charge in [0, 0.05) is 34.7 Å². The van der Waals surface area contributed by atoms with E-state index in [-0.39, 0.29) is 23.2 Å². The number of amides is 1. The molecule has 9 heteroatoms. The Morgan fingerprint density at radius 2 is 1.95 bits per heavy atom. The van der Waals surface area contributed by atoms with Crippen molar-refractivity contribution in [2.24, 2.45) is 0 Å². The zero-order valence-electron chi connectivity index (χ0n) is 23.1. The fourth-order valence-electron chi connectivity index (χ4n) is 4.21. The van der Waals surface area contributed by atoms with Crippen LogP contribution in [0, 0.1) is 6.92 Å². The average molecular weight is 540 g/mol. The first-order chi connectivity index (χ1) is 17.3. The van der Waals surface area contributed by atoms with E-state index in [1.165, 1.54) is 0 Å². The van der Waals surface area contributed by atoms with E-state index in [0.29, 0.717) is 24.1 Å². The lowest BCUT2D eigenvalue weighted by Gasteiger charge is -2.38. The molecule has 1 aromatic carbocycles. The van der Waals surface area contributed by atoms with Gasteiger partial charge in [-0.3, -0.25) is 4.57 Å². The summed E-state index contributed by atoms with van der Waals surface area (Å²) < 4.78 is 8.34. The Morgan fingerprint density at radius 1 is 1.22 bits per heavy atom. The van der Waals surface area contributed by atoms with Crippen molar-refractivity contribution in [3.63, 3.8) is 0 Å². The van der Waals surface area contributed by atoms with E-state index in [1.807, 2.05) is 62.3 Å². The second-order valence-corrected chi connectivity index (χ2v) is 16.9. The van der Waals surface area contributed by atoms with Crippen LogP contribution in [0.15, 0.2) is 42.7 Å². The highest BCUT2D eigenvalue weighted by Gasteiger charge is 2.40. The quantitative estimate of drug-likeness (QED) is 0.305. The molecule has 0 fully saturated rings. The summed E-state index contributed by atoms with van der Waals surface area (Å²) in [5.41, 5.74) is 4.60. The molecule has 1 aliphatic heterocycles. The Labute approximate surface area is 226 Å². The number of benzene rings is 1. The molecular weight excluding hydrogens is 502 g/mol. The first kappa shape index (κ1) is 27.4. The Balaban J connectivity index is 1.63. The predicted octanol–water partition coefficient (Wildman–Crippen LogP) is 7.27. The lowest BCUT2D eigenvalue weighted by molar-refractivity contribution is 0.144. The number of hydrogen-bond acceptors (Lipinski definition) is 5. The minimum absolute atomic E-state index is 0.0692. The molecule has 3 heterocycles. The number of carbonyl (C=O) groups excluding carboxylic acids is 1. The van der Waals surface area contributed by atoms with Crippen molar-refractivity contribution in [1.29, 1.82) is 0 Å². The molecule has 1 aliphatic rings. The average Bonchev–Trinajstić information content (AvgIpc) is 3.34. The lowest BCUT2D eigenvalue weighted by atomic mass is 10.1. The molecule has 1 N–H and O–H groups in total. The second kappa shape index (κ2) is 10.2. The molecule has 2 aromatic heterocycles. The molecule has 37 heavy (non-hydrogen) atoms. The van der Waals surface area contributed by atoms with Crippen molar-refractivity contribution in [3.05, 3.63) is 64.6 Å². The van der Waals surface area contributed by atoms with Crippen molar-refractivity contribution in [3.8, 4) is 11.3 Å². The zero-order valence-corrected chi connectivity index (χ0v) is 24.8. The third kappa shape index (κ3) is 5.76. The molecule has 3 aromatic rings. The summed E-state index contributed by atoms with van der Waals surface area (Å²) in [4.78, 5) is 24.7. The highest BCUT2D eigenvalue weighted by Crippen LogP contribution is 2.39. The minimum atomic E-state index is -2.03. The van der Waals surface area contributed by atoms with Crippen LogP contribution >= 0.6 is 11.6 Å². The number of carbonyl (C=O) groups is 1. The van der Waals surface area contributed by atoms with Gasteiger partial charge in [0.1, 0.15) is 0 Å². The molecule has 0 saturated heterocycles. The molecule has 198 valence electrons. The molecule has 1 atom stereocenters. The smallest absolute Gasteiger partial charge is 0.329 e. The van der Waals surface area contributed by atoms with Gasteiger partial charge in [-0.25, -0.2) is 14.8 Å². The van der Waals surface area contributed by atoms with E-state index in [9.17, 15) is 4.79 Å². The van der Waals surface area contributed by atoms with Gasteiger partial charge in [-0.2, -0.15) is 0 Å². The fraction of sp³-hybridized carbons (Fsp3) is 0.464. The molecular formula is C28H38ClN5O2Si. The lowest BCUT2D eigenvalue weighted by Crippen LogP contribution is -2.44. The van der Waals surface area contributed by atoms with Gasteiger partial charge in [-0.05, 0) is 68.2 Å². The van der Waals surface area contributed by atoms with E-state index in [0.717, 1.165) is 28.1 Å². The van der Waals surface area contributed by atoms with Gasteiger partial charge in [0.2, 0.25) is 5.95 Å². The summed E-state index contributed by atoms with van der Waals surface area (Å²) in [7, 11) is -2.03. The first-order valence-electron chi connectivity index (χ1n) is 12.8. The maximum atomic E-state index is 13.7. The largest absolute Gasteiger partial charge is 0.414 e. The Hall–Kier alpha value is -2.68. The summed E-state index contributed by atoms with van der Waals surface area (Å²) in [6, 6.07) is 9.69. The number of fused-ring (bicyclic) bond motifs is 1. The molecule has 0 radical (unpaired) electrons. The molecule has 0 aliphatic carbocycles. The standard InChI is InChI=1S/C28H38ClN5O2Si/c1-18(2)31-26-30-14-19(3)25(32-26)21-13-23-16-34(27(35)33(23)15-21)24(20-10-9-11-22(29)12-20)17-36-37(7,8)28(4,5)6/h9-15,18,24H,16-17H2,1-8H3,(H,30,31,32)/t24-/m1/s1. The third-order valence-electron chi connectivity index (χ3n) is 7.36. The SMILES string of the molecule is Cc1cnc(NC(C)C)nc1-c1cc2n(c1)C(=O)N([C@H](CO[Si](C)(C)C(C)(C)C)c1cccc(Cl)c1)C2. The molecule has 7 nitrogen and oxygen atoms in total. The number of anilines is 1. The van der Waals surface area contributed by atoms with Crippen LogP contribution in [0.25, 0.3) is 11.3 Å². The molecule has 0 unspecified atom stereocenters. The highest BCUT2D eigenvalue weighted by atomic mass is 35.5. The van der Waals surface area contributed by atoms with Gasteiger partial charge in [-0.15, -0.1) is 0 Å². The molecule has 4 rings (SSSR count). The van der Waals surface area contributed by atoms with E-state index >= 15 is 0 Å². The predicted molar refractivity (Wildman–Crippen MR) is 153 cm³/mol. The maximum absolute atomic E-state index is 13.7. The normalized spacial score (nSPS) is 14.9. The third-order valence-corrected chi connectivity index (χ3v) is 12.1. The van der Waals surface area contributed by atoms with Crippen LogP contribution in [0.4, 0.5) is 10.7 Å². The van der Waals surface area contributed by atoms with Gasteiger partial charge in [0.25, 0.3) is 0 Å². The Morgan fingerprint density at radius 3 is 2.57 bits per heavy atom. The van der Waals surface area contributed by atoms with Crippen LogP contribution < -0.4 is 5.32 Å². The van der Waals surface area contributed by atoms with Gasteiger partial charge >= 0.3 is 6.03 Å². The number of aryl methyl sites for hydroxylation is 1. The van der Waals surface area contributed by atoms with Crippen LogP contribution in [-0.2, 0) is 11.0 Å². The summed E-state index contributed by atoms with van der Waals surface area (Å²) in [5, 5.41) is 3.97. The number of halogens is 1. The zero-order chi connectivity index (χ0) is 27.1. The fourth-order valence-corrected chi connectivity index (χ4v) is 5.41. The number of nitrogens with one attached hydrogen (secondary N) is 1. The monoisotopic (exact) mass is 539 g/mol. The van der Waals surface area contributed by atoms with Crippen molar-refractivity contribution in [2.75, 3.05) is 11.9 Å². The molecule has 1 amide bonds. The van der Waals surface area contributed by atoms with Crippen LogP contribution in [0.5, 0.6) is 0 Å². The van der Waals surface area contributed by atoms with Crippen molar-refractivity contribution in [1.82, 2.24) is 19.4 Å². The number of hydrogen-bond donors (Lipinski definition) is 1. The van der Waals surface area contributed by atoms with Crippen LogP contribution in [-0.4, -0.2) is 46.4 Å². The molecule has 0 spiro atoms. The number of aromatic nitrogens is 3. The number of nitrogens with zero attached hydrogens (tertiary/aromatic N) is 4. The Kier molecular flexibility index (Phi) is 7.56. The second-order valence-electron chi connectivity index (χ2n) is 11.7. The van der Waals surface area contributed by atoms with Crippen LogP contribution in [0.3, 0.4) is 0 Å². The maximum Gasteiger partial charge on any atom is 0.329 e. The van der Waals surface area contributed by atoms with Gasteiger partial charge < -0.3 is 14.6 Å². The van der Waals surface area contributed by atoms with Gasteiger partial charge in [-0.1, -0.05) is 44.5 Å². The topological polar surface area (TPSA) is 72.3 Å². The summed E-state index contributed by atoms with van der Waals surface area (Å²) >= 11 is 6.35. The summed E-state index contributed by atoms with van der Waals surface area (Å²) in [6.07, 6.45) is 3.70. The highest BCUT2D eigenvalue weighted by molar-refractivity contribution is 6.74. The van der Waals surface area contributed by atoms with E-state index < -0.39 is 8.32 Å². The van der Waals surface area contributed by atoms with Gasteiger partial charge in [0.05, 0.1) is 24.9 Å². The van der Waals surface area contributed by atoms with E-state index in [1.54, 1.807) is 4.57 Å². The summed E-state index contributed by atoms with van der Waals surface area (Å²) in [5.74, 6) is 0.582. The minimum Gasteiger partial charge on any atom is -0.414 e. The number of rotatable bonds is 8.